The lowest BCUT2D eigenvalue weighted by molar-refractivity contribution is 0.253. The second-order valence-electron chi connectivity index (χ2n) is 3.02. The number of hydrogen-bond donors (Lipinski definition) is 1. The van der Waals surface area contributed by atoms with Crippen molar-refractivity contribution >= 4 is 39.2 Å². The third kappa shape index (κ3) is 2.43. The van der Waals surface area contributed by atoms with Gasteiger partial charge in [-0.3, -0.25) is 4.57 Å². The normalized spacial score (nSPS) is 10.1. The summed E-state index contributed by atoms with van der Waals surface area (Å²) in [6.45, 7) is 0. The number of carbonyl (C=O) groups is 1. The maximum atomic E-state index is 11.7. The number of rotatable bonds is 1. The third-order valence-electron chi connectivity index (χ3n) is 1.91. The van der Waals surface area contributed by atoms with E-state index in [0.717, 1.165) is 4.47 Å². The summed E-state index contributed by atoms with van der Waals surface area (Å²) in [5, 5.41) is 3.32. The van der Waals surface area contributed by atoms with E-state index in [2.05, 4.69) is 26.2 Å². The molecular weight excluding hydrogens is 293 g/mol. The minimum Gasteiger partial charge on any atom is -0.306 e. The monoisotopic (exact) mass is 299 g/mol. The van der Waals surface area contributed by atoms with E-state index in [1.165, 1.54) is 17.1 Å². The van der Waals surface area contributed by atoms with E-state index >= 15 is 0 Å². The van der Waals surface area contributed by atoms with Crippen LogP contribution in [-0.4, -0.2) is 15.6 Å². The first-order valence-electron chi connectivity index (χ1n) is 4.41. The Morgan fingerprint density at radius 1 is 1.50 bits per heavy atom. The van der Waals surface area contributed by atoms with Crippen molar-refractivity contribution in [3.05, 3.63) is 46.4 Å². The minimum absolute atomic E-state index is 0.277. The average molecular weight is 301 g/mol. The molecule has 2 rings (SSSR count). The molecule has 0 unspecified atom stereocenters. The third-order valence-corrected chi connectivity index (χ3v) is 2.80. The van der Waals surface area contributed by atoms with Crippen LogP contribution in [0.1, 0.15) is 0 Å². The van der Waals surface area contributed by atoms with Gasteiger partial charge in [-0.25, -0.2) is 9.78 Å². The fourth-order valence-corrected chi connectivity index (χ4v) is 1.93. The van der Waals surface area contributed by atoms with Gasteiger partial charge in [0.1, 0.15) is 6.33 Å². The maximum Gasteiger partial charge on any atom is 0.331 e. The molecule has 0 aliphatic carbocycles. The molecule has 0 atom stereocenters. The second kappa shape index (κ2) is 4.67. The number of nitrogens with zero attached hydrogens (tertiary/aromatic N) is 2. The van der Waals surface area contributed by atoms with Gasteiger partial charge < -0.3 is 5.32 Å². The lowest BCUT2D eigenvalue weighted by atomic mass is 10.3. The van der Waals surface area contributed by atoms with Crippen LogP contribution in [0.5, 0.6) is 0 Å². The summed E-state index contributed by atoms with van der Waals surface area (Å²) in [6, 6.07) is 4.86. The van der Waals surface area contributed by atoms with Crippen LogP contribution in [0, 0.1) is 0 Å². The molecule has 82 valence electrons. The molecule has 0 spiro atoms. The number of benzene rings is 1. The molecule has 1 heterocycles. The minimum atomic E-state index is -0.277. The van der Waals surface area contributed by atoms with Crippen molar-refractivity contribution in [2.75, 3.05) is 5.32 Å². The zero-order valence-electron chi connectivity index (χ0n) is 8.02. The molecule has 1 aromatic heterocycles. The zero-order chi connectivity index (χ0) is 11.5. The molecule has 2 aromatic rings. The van der Waals surface area contributed by atoms with E-state index in [1.807, 2.05) is 0 Å². The van der Waals surface area contributed by atoms with Crippen LogP contribution < -0.4 is 5.32 Å². The maximum absolute atomic E-state index is 11.7. The summed E-state index contributed by atoms with van der Waals surface area (Å²) in [7, 11) is 0. The number of hydrogen-bond acceptors (Lipinski definition) is 2. The average Bonchev–Trinajstić information content (AvgIpc) is 2.75. The Morgan fingerprint density at radius 2 is 2.31 bits per heavy atom. The van der Waals surface area contributed by atoms with Gasteiger partial charge in [-0.05, 0) is 34.1 Å². The number of amides is 1. The van der Waals surface area contributed by atoms with Crippen molar-refractivity contribution in [3.8, 4) is 0 Å². The van der Waals surface area contributed by atoms with Crippen molar-refractivity contribution in [2.45, 2.75) is 0 Å². The molecule has 0 saturated carbocycles. The van der Waals surface area contributed by atoms with Gasteiger partial charge in [0.25, 0.3) is 0 Å². The Labute approximate surface area is 105 Å². The van der Waals surface area contributed by atoms with Crippen LogP contribution in [0.25, 0.3) is 0 Å². The predicted octanol–water partition coefficient (Wildman–Crippen LogP) is 3.38. The van der Waals surface area contributed by atoms with Crippen molar-refractivity contribution < 1.29 is 4.79 Å². The lowest BCUT2D eigenvalue weighted by Crippen LogP contribution is -2.17. The number of anilines is 1. The van der Waals surface area contributed by atoms with E-state index < -0.39 is 0 Å². The Hall–Kier alpha value is -1.33. The SMILES string of the molecule is O=C(Nc1ccc(Cl)cc1Br)n1ccnc1. The molecule has 4 nitrogen and oxygen atoms in total. The van der Waals surface area contributed by atoms with Crippen LogP contribution in [0.15, 0.2) is 41.4 Å². The first kappa shape index (κ1) is 11.2. The largest absolute Gasteiger partial charge is 0.331 e. The van der Waals surface area contributed by atoms with E-state index in [0.29, 0.717) is 10.7 Å². The van der Waals surface area contributed by atoms with Crippen LogP contribution >= 0.6 is 27.5 Å². The molecule has 1 aromatic carbocycles. The highest BCUT2D eigenvalue weighted by Crippen LogP contribution is 2.25. The molecule has 0 saturated heterocycles. The van der Waals surface area contributed by atoms with Crippen LogP contribution in [0.3, 0.4) is 0 Å². The van der Waals surface area contributed by atoms with Crippen molar-refractivity contribution in [1.29, 1.82) is 0 Å². The smallest absolute Gasteiger partial charge is 0.306 e. The Balaban J connectivity index is 2.18. The van der Waals surface area contributed by atoms with Gasteiger partial charge in [0.2, 0.25) is 0 Å². The Bertz CT molecular complexity index is 513. The van der Waals surface area contributed by atoms with Gasteiger partial charge in [-0.15, -0.1) is 0 Å². The number of carbonyl (C=O) groups excluding carboxylic acids is 1. The fourth-order valence-electron chi connectivity index (χ4n) is 1.15. The molecule has 0 fully saturated rings. The molecular formula is C10H7BrClN3O. The van der Waals surface area contributed by atoms with Gasteiger partial charge in [0.15, 0.2) is 0 Å². The van der Waals surface area contributed by atoms with Crippen LogP contribution in [0.4, 0.5) is 10.5 Å². The standard InChI is InChI=1S/C10H7BrClN3O/c11-8-5-7(12)1-2-9(8)14-10(16)15-4-3-13-6-15/h1-6H,(H,14,16). The quantitative estimate of drug-likeness (QED) is 0.877. The number of imidazole rings is 1. The summed E-state index contributed by atoms with van der Waals surface area (Å²) in [5.74, 6) is 0. The van der Waals surface area contributed by atoms with Crippen LogP contribution in [-0.2, 0) is 0 Å². The van der Waals surface area contributed by atoms with Crippen molar-refractivity contribution in [1.82, 2.24) is 9.55 Å². The van der Waals surface area contributed by atoms with E-state index in [4.69, 9.17) is 11.6 Å². The van der Waals surface area contributed by atoms with Gasteiger partial charge in [0.05, 0.1) is 5.69 Å². The van der Waals surface area contributed by atoms with Crippen molar-refractivity contribution in [2.24, 2.45) is 0 Å². The van der Waals surface area contributed by atoms with Gasteiger partial charge in [0, 0.05) is 21.9 Å². The van der Waals surface area contributed by atoms with Gasteiger partial charge in [-0.1, -0.05) is 11.6 Å². The predicted molar refractivity (Wildman–Crippen MR) is 65.8 cm³/mol. The molecule has 0 aliphatic rings. The lowest BCUT2D eigenvalue weighted by Gasteiger charge is -2.07. The molecule has 0 bridgehead atoms. The molecule has 0 aliphatic heterocycles. The van der Waals surface area contributed by atoms with Gasteiger partial charge in [-0.2, -0.15) is 0 Å². The molecule has 6 heteroatoms. The van der Waals surface area contributed by atoms with Gasteiger partial charge >= 0.3 is 6.03 Å². The van der Waals surface area contributed by atoms with Crippen LogP contribution in [0.2, 0.25) is 5.02 Å². The summed E-state index contributed by atoms with van der Waals surface area (Å²) < 4.78 is 2.08. The van der Waals surface area contributed by atoms with E-state index in [9.17, 15) is 4.79 Å². The number of nitrogens with one attached hydrogen (secondary N) is 1. The fraction of sp³-hybridized carbons (Fsp3) is 0. The Kier molecular flexibility index (Phi) is 3.26. The molecule has 16 heavy (non-hydrogen) atoms. The second-order valence-corrected chi connectivity index (χ2v) is 4.32. The first-order chi connectivity index (χ1) is 7.66. The number of halogens is 2. The Morgan fingerprint density at radius 3 is 2.94 bits per heavy atom. The zero-order valence-corrected chi connectivity index (χ0v) is 10.4. The highest BCUT2D eigenvalue weighted by atomic mass is 79.9. The highest BCUT2D eigenvalue weighted by molar-refractivity contribution is 9.10. The first-order valence-corrected chi connectivity index (χ1v) is 5.58. The number of aromatic nitrogens is 2. The summed E-state index contributed by atoms with van der Waals surface area (Å²) in [4.78, 5) is 15.5. The molecule has 1 N–H and O–H groups in total. The summed E-state index contributed by atoms with van der Waals surface area (Å²) in [6.07, 6.45) is 4.54. The molecule has 0 radical (unpaired) electrons. The molecule has 1 amide bonds. The summed E-state index contributed by atoms with van der Waals surface area (Å²) >= 11 is 9.11. The van der Waals surface area contributed by atoms with E-state index in [1.54, 1.807) is 24.4 Å². The summed E-state index contributed by atoms with van der Waals surface area (Å²) in [5.41, 5.74) is 0.656. The van der Waals surface area contributed by atoms with Crippen molar-refractivity contribution in [3.63, 3.8) is 0 Å². The topological polar surface area (TPSA) is 46.9 Å². The highest BCUT2D eigenvalue weighted by Gasteiger charge is 2.06. The van der Waals surface area contributed by atoms with E-state index in [-0.39, 0.29) is 6.03 Å².